The molecule has 6 heteroatoms. The van der Waals surface area contributed by atoms with E-state index < -0.39 is 11.7 Å². The van der Waals surface area contributed by atoms with E-state index in [1.165, 1.54) is 0 Å². The van der Waals surface area contributed by atoms with Crippen molar-refractivity contribution in [2.75, 3.05) is 26.2 Å². The van der Waals surface area contributed by atoms with Gasteiger partial charge >= 0.3 is 6.09 Å². The van der Waals surface area contributed by atoms with Crippen molar-refractivity contribution in [1.29, 1.82) is 0 Å². The third-order valence-corrected chi connectivity index (χ3v) is 3.39. The van der Waals surface area contributed by atoms with E-state index in [0.717, 1.165) is 13.1 Å². The molecule has 130 valence electrons. The van der Waals surface area contributed by atoms with Crippen LogP contribution in [-0.2, 0) is 9.47 Å². The van der Waals surface area contributed by atoms with Crippen LogP contribution in [0.1, 0.15) is 48.5 Å². The van der Waals surface area contributed by atoms with Gasteiger partial charge in [0.25, 0.3) is 0 Å². The van der Waals surface area contributed by atoms with E-state index in [4.69, 9.17) is 15.2 Å². The smallest absolute Gasteiger partial charge is 0.407 e. The van der Waals surface area contributed by atoms with E-state index in [-0.39, 0.29) is 17.2 Å². The molecule has 22 heavy (non-hydrogen) atoms. The van der Waals surface area contributed by atoms with E-state index in [2.05, 4.69) is 37.9 Å². The number of rotatable bonds is 4. The van der Waals surface area contributed by atoms with Crippen molar-refractivity contribution in [3.63, 3.8) is 0 Å². The molecular formula is C16H33N3O3. The number of carbonyl (C=O) groups is 1. The molecular weight excluding hydrogens is 282 g/mol. The molecule has 1 atom stereocenters. The lowest BCUT2D eigenvalue weighted by molar-refractivity contribution is -0.186. The van der Waals surface area contributed by atoms with E-state index in [9.17, 15) is 4.79 Å². The number of hydrogen-bond acceptors (Lipinski definition) is 5. The quantitative estimate of drug-likeness (QED) is 0.826. The van der Waals surface area contributed by atoms with Gasteiger partial charge in [-0.05, 0) is 48.5 Å². The largest absolute Gasteiger partial charge is 0.444 e. The van der Waals surface area contributed by atoms with Gasteiger partial charge in [-0.2, -0.15) is 0 Å². The summed E-state index contributed by atoms with van der Waals surface area (Å²) in [6.45, 7) is 16.4. The average molecular weight is 315 g/mol. The summed E-state index contributed by atoms with van der Waals surface area (Å²) >= 11 is 0. The van der Waals surface area contributed by atoms with Crippen molar-refractivity contribution in [3.8, 4) is 0 Å². The molecule has 0 spiro atoms. The zero-order valence-electron chi connectivity index (χ0n) is 15.2. The molecule has 0 aromatic rings. The Morgan fingerprint density at radius 1 is 1.27 bits per heavy atom. The fourth-order valence-electron chi connectivity index (χ4n) is 2.98. The summed E-state index contributed by atoms with van der Waals surface area (Å²) < 4.78 is 11.4. The minimum Gasteiger partial charge on any atom is -0.444 e. The Kier molecular flexibility index (Phi) is 5.87. The minimum atomic E-state index is -0.495. The number of amides is 1. The first-order valence-corrected chi connectivity index (χ1v) is 7.95. The van der Waals surface area contributed by atoms with E-state index in [0.29, 0.717) is 13.1 Å². The Morgan fingerprint density at radius 3 is 2.18 bits per heavy atom. The summed E-state index contributed by atoms with van der Waals surface area (Å²) in [5.41, 5.74) is 4.95. The Bertz CT molecular complexity index is 373. The molecule has 6 nitrogen and oxygen atoms in total. The third-order valence-electron chi connectivity index (χ3n) is 3.39. The zero-order chi connectivity index (χ0) is 17.2. The number of alkyl carbamates (subject to hydrolysis) is 1. The Balaban J connectivity index is 2.62. The molecule has 0 bridgehead atoms. The summed E-state index contributed by atoms with van der Waals surface area (Å²) in [6.07, 6.45) is -0.405. The number of hydrogen-bond donors (Lipinski definition) is 2. The highest BCUT2D eigenvalue weighted by Crippen LogP contribution is 2.29. The van der Waals surface area contributed by atoms with Gasteiger partial charge in [0.15, 0.2) is 0 Å². The van der Waals surface area contributed by atoms with Crippen LogP contribution in [0.4, 0.5) is 4.79 Å². The molecule has 1 amide bonds. The number of ether oxygens (including phenoxy) is 2. The summed E-state index contributed by atoms with van der Waals surface area (Å²) in [5, 5.41) is 2.82. The second-order valence-electron chi connectivity index (χ2n) is 8.30. The van der Waals surface area contributed by atoms with Crippen molar-refractivity contribution < 1.29 is 14.3 Å². The van der Waals surface area contributed by atoms with Gasteiger partial charge < -0.3 is 20.5 Å². The van der Waals surface area contributed by atoms with Crippen LogP contribution < -0.4 is 11.1 Å². The molecule has 0 saturated carbocycles. The summed E-state index contributed by atoms with van der Waals surface area (Å²) in [5.74, 6) is 0. The lowest BCUT2D eigenvalue weighted by Gasteiger charge is -2.49. The average Bonchev–Trinajstić information content (AvgIpc) is 2.22. The maximum atomic E-state index is 11.8. The molecule has 1 aliphatic heterocycles. The predicted octanol–water partition coefficient (Wildman–Crippen LogP) is 1.73. The van der Waals surface area contributed by atoms with Crippen LogP contribution in [0.2, 0.25) is 0 Å². The van der Waals surface area contributed by atoms with Crippen LogP contribution in [-0.4, -0.2) is 60.0 Å². The predicted molar refractivity (Wildman–Crippen MR) is 87.9 cm³/mol. The van der Waals surface area contributed by atoms with Crippen LogP contribution in [0.3, 0.4) is 0 Å². The Hall–Kier alpha value is -0.850. The van der Waals surface area contributed by atoms with Gasteiger partial charge in [-0.15, -0.1) is 0 Å². The van der Waals surface area contributed by atoms with Crippen LogP contribution in [0, 0.1) is 0 Å². The highest BCUT2D eigenvalue weighted by atomic mass is 16.6. The molecule has 1 saturated heterocycles. The van der Waals surface area contributed by atoms with Crippen LogP contribution in [0.5, 0.6) is 0 Å². The number of nitrogens with zero attached hydrogens (tertiary/aromatic N) is 1. The second-order valence-corrected chi connectivity index (χ2v) is 8.30. The van der Waals surface area contributed by atoms with Gasteiger partial charge in [-0.1, -0.05) is 0 Å². The molecule has 1 aliphatic rings. The normalized spacial score (nSPS) is 22.9. The number of nitrogens with two attached hydrogens (primary N) is 1. The van der Waals surface area contributed by atoms with Crippen molar-refractivity contribution >= 4 is 6.09 Å². The number of carbonyl (C=O) groups excluding carboxylic acids is 1. The van der Waals surface area contributed by atoms with Crippen LogP contribution in [0.15, 0.2) is 0 Å². The maximum Gasteiger partial charge on any atom is 0.407 e. The lowest BCUT2D eigenvalue weighted by Crippen LogP contribution is -2.62. The monoisotopic (exact) mass is 315 g/mol. The molecule has 0 radical (unpaired) electrons. The lowest BCUT2D eigenvalue weighted by atomic mass is 9.97. The van der Waals surface area contributed by atoms with Crippen molar-refractivity contribution in [1.82, 2.24) is 10.2 Å². The molecule has 1 fully saturated rings. The first-order chi connectivity index (χ1) is 9.84. The summed E-state index contributed by atoms with van der Waals surface area (Å²) in [6, 6.07) is 0.0648. The highest BCUT2D eigenvalue weighted by Gasteiger charge is 2.40. The van der Waals surface area contributed by atoms with Crippen LogP contribution >= 0.6 is 0 Å². The van der Waals surface area contributed by atoms with Gasteiger partial charge in [0.05, 0.1) is 11.2 Å². The Morgan fingerprint density at radius 2 is 1.77 bits per heavy atom. The molecule has 1 heterocycles. The molecule has 3 N–H and O–H groups in total. The standard InChI is InChI=1S/C16H33N3O3/c1-14(2,3)21-13(20)18-9-12(8-17)19-10-15(4,5)22-16(6,7)11-19/h12H,8-11,17H2,1-7H3,(H,18,20). The molecule has 1 rings (SSSR count). The van der Waals surface area contributed by atoms with Crippen molar-refractivity contribution in [2.24, 2.45) is 5.73 Å². The number of morpholine rings is 1. The maximum absolute atomic E-state index is 11.8. The van der Waals surface area contributed by atoms with E-state index >= 15 is 0 Å². The molecule has 1 unspecified atom stereocenters. The SMILES string of the molecule is CC(C)(C)OC(=O)NCC(CN)N1CC(C)(C)OC(C)(C)C1. The fraction of sp³-hybridized carbons (Fsp3) is 0.938. The van der Waals surface area contributed by atoms with Gasteiger partial charge in [-0.3, -0.25) is 4.90 Å². The number of nitrogens with one attached hydrogen (secondary N) is 1. The van der Waals surface area contributed by atoms with E-state index in [1.54, 1.807) is 0 Å². The summed E-state index contributed by atoms with van der Waals surface area (Å²) in [7, 11) is 0. The van der Waals surface area contributed by atoms with Gasteiger partial charge in [0, 0.05) is 32.2 Å². The zero-order valence-corrected chi connectivity index (χ0v) is 15.2. The first kappa shape index (κ1) is 19.2. The first-order valence-electron chi connectivity index (χ1n) is 7.95. The third kappa shape index (κ3) is 6.50. The Labute approximate surface area is 134 Å². The van der Waals surface area contributed by atoms with Crippen molar-refractivity contribution in [2.45, 2.75) is 71.3 Å². The second kappa shape index (κ2) is 6.72. The van der Waals surface area contributed by atoms with Gasteiger partial charge in [0.1, 0.15) is 5.60 Å². The topological polar surface area (TPSA) is 76.8 Å². The molecule has 0 aliphatic carbocycles. The van der Waals surface area contributed by atoms with Gasteiger partial charge in [-0.25, -0.2) is 4.79 Å². The van der Waals surface area contributed by atoms with Crippen LogP contribution in [0.25, 0.3) is 0 Å². The molecule has 0 aromatic heterocycles. The molecule has 0 aromatic carbocycles. The summed E-state index contributed by atoms with van der Waals surface area (Å²) in [4.78, 5) is 14.1. The highest BCUT2D eigenvalue weighted by molar-refractivity contribution is 5.67. The minimum absolute atomic E-state index is 0.0648. The van der Waals surface area contributed by atoms with E-state index in [1.807, 2.05) is 20.8 Å². The van der Waals surface area contributed by atoms with Gasteiger partial charge in [0.2, 0.25) is 0 Å². The fourth-order valence-corrected chi connectivity index (χ4v) is 2.98. The van der Waals surface area contributed by atoms with Crippen molar-refractivity contribution in [3.05, 3.63) is 0 Å².